The Kier molecular flexibility index (Phi) is 4.70. The Hall–Kier alpha value is -1.51. The first kappa shape index (κ1) is 15.4. The minimum absolute atomic E-state index is 0.0120. The van der Waals surface area contributed by atoms with Crippen molar-refractivity contribution in [1.29, 1.82) is 0 Å². The average Bonchev–Trinajstić information content (AvgIpc) is 3.14. The van der Waals surface area contributed by atoms with Crippen molar-refractivity contribution in [2.75, 3.05) is 5.75 Å². The fourth-order valence-electron chi connectivity index (χ4n) is 1.75. The van der Waals surface area contributed by atoms with E-state index in [0.717, 1.165) is 3.79 Å². The van der Waals surface area contributed by atoms with Crippen LogP contribution in [0, 0.1) is 5.82 Å². The van der Waals surface area contributed by atoms with Crippen LogP contribution in [0.25, 0.3) is 11.4 Å². The van der Waals surface area contributed by atoms with E-state index in [2.05, 4.69) is 31.1 Å². The van der Waals surface area contributed by atoms with Crippen molar-refractivity contribution in [3.63, 3.8) is 0 Å². The molecule has 0 unspecified atom stereocenters. The van der Waals surface area contributed by atoms with Crippen LogP contribution in [0.1, 0.15) is 9.67 Å². The highest BCUT2D eigenvalue weighted by atomic mass is 79.9. The van der Waals surface area contributed by atoms with E-state index in [9.17, 15) is 9.18 Å². The quantitative estimate of drug-likeness (QED) is 0.511. The molecule has 8 heteroatoms. The summed E-state index contributed by atoms with van der Waals surface area (Å²) < 4.78 is 14.6. The summed E-state index contributed by atoms with van der Waals surface area (Å²) in [6.07, 6.45) is 0. The first-order chi connectivity index (χ1) is 10.6. The van der Waals surface area contributed by atoms with Gasteiger partial charge in [-0.25, -0.2) is 9.37 Å². The monoisotopic (exact) mass is 397 g/mol. The molecule has 2 aromatic heterocycles. The van der Waals surface area contributed by atoms with Crippen molar-refractivity contribution in [3.05, 3.63) is 50.9 Å². The number of nitrogens with one attached hydrogen (secondary N) is 1. The van der Waals surface area contributed by atoms with Gasteiger partial charge in [-0.05, 0) is 40.2 Å². The van der Waals surface area contributed by atoms with Crippen LogP contribution in [-0.2, 0) is 0 Å². The fourth-order valence-corrected chi connectivity index (χ4v) is 3.85. The molecule has 2 heterocycles. The zero-order valence-electron chi connectivity index (χ0n) is 11.0. The Bertz CT molecular complexity index is 818. The Morgan fingerprint density at radius 1 is 1.32 bits per heavy atom. The lowest BCUT2D eigenvalue weighted by atomic mass is 10.2. The summed E-state index contributed by atoms with van der Waals surface area (Å²) in [5, 5.41) is 7.12. The van der Waals surface area contributed by atoms with Crippen molar-refractivity contribution in [3.8, 4) is 11.4 Å². The molecule has 22 heavy (non-hydrogen) atoms. The molecule has 0 saturated carbocycles. The molecule has 0 saturated heterocycles. The lowest BCUT2D eigenvalue weighted by Gasteiger charge is -1.96. The Balaban J connectivity index is 1.67. The van der Waals surface area contributed by atoms with Crippen LogP contribution in [0.4, 0.5) is 4.39 Å². The summed E-state index contributed by atoms with van der Waals surface area (Å²) in [4.78, 5) is 16.9. The van der Waals surface area contributed by atoms with Crippen LogP contribution >= 0.6 is 39.0 Å². The van der Waals surface area contributed by atoms with Gasteiger partial charge in [-0.1, -0.05) is 23.9 Å². The van der Waals surface area contributed by atoms with E-state index in [1.54, 1.807) is 24.3 Å². The number of carbonyl (C=O) groups is 1. The van der Waals surface area contributed by atoms with Gasteiger partial charge in [0.15, 0.2) is 11.6 Å². The highest BCUT2D eigenvalue weighted by molar-refractivity contribution is 9.11. The number of thioether (sulfide) groups is 1. The van der Waals surface area contributed by atoms with Crippen LogP contribution in [0.2, 0.25) is 0 Å². The molecule has 3 aromatic rings. The van der Waals surface area contributed by atoms with Crippen molar-refractivity contribution < 1.29 is 9.18 Å². The van der Waals surface area contributed by atoms with Crippen LogP contribution in [0.5, 0.6) is 0 Å². The van der Waals surface area contributed by atoms with Gasteiger partial charge in [0.05, 0.1) is 20.0 Å². The number of hydrogen-bond acceptors (Lipinski definition) is 5. The second kappa shape index (κ2) is 6.72. The fraction of sp³-hybridized carbons (Fsp3) is 0.0714. The zero-order chi connectivity index (χ0) is 15.5. The third-order valence-electron chi connectivity index (χ3n) is 2.77. The molecule has 3 rings (SSSR count). The summed E-state index contributed by atoms with van der Waals surface area (Å²) in [6.45, 7) is 0. The average molecular weight is 398 g/mol. The maximum atomic E-state index is 13.7. The lowest BCUT2D eigenvalue weighted by Crippen LogP contribution is -1.99. The van der Waals surface area contributed by atoms with Gasteiger partial charge < -0.3 is 0 Å². The largest absolute Gasteiger partial charge is 0.292 e. The van der Waals surface area contributed by atoms with Gasteiger partial charge in [0.25, 0.3) is 0 Å². The number of halogens is 2. The Morgan fingerprint density at radius 3 is 2.86 bits per heavy atom. The van der Waals surface area contributed by atoms with Gasteiger partial charge in [-0.15, -0.1) is 16.4 Å². The normalized spacial score (nSPS) is 10.8. The first-order valence-electron chi connectivity index (χ1n) is 6.22. The molecule has 0 atom stereocenters. The third-order valence-corrected chi connectivity index (χ3v) is 5.29. The highest BCUT2D eigenvalue weighted by Crippen LogP contribution is 2.25. The zero-order valence-corrected chi connectivity index (χ0v) is 14.3. The van der Waals surface area contributed by atoms with Gasteiger partial charge in [0.1, 0.15) is 5.82 Å². The summed E-state index contributed by atoms with van der Waals surface area (Å²) >= 11 is 5.94. The van der Waals surface area contributed by atoms with E-state index < -0.39 is 0 Å². The molecular formula is C14H9BrFN3OS2. The van der Waals surface area contributed by atoms with Crippen LogP contribution in [0.15, 0.2) is 45.3 Å². The second-order valence-corrected chi connectivity index (χ2v) is 7.67. The molecule has 0 radical (unpaired) electrons. The van der Waals surface area contributed by atoms with Crippen molar-refractivity contribution in [2.45, 2.75) is 5.16 Å². The molecule has 1 N–H and O–H groups in total. The SMILES string of the molecule is O=C(CSc1n[nH]c(-c2ccccc2F)n1)c1ccc(Br)s1. The molecular weight excluding hydrogens is 389 g/mol. The molecule has 0 fully saturated rings. The minimum atomic E-state index is -0.366. The molecule has 112 valence electrons. The number of rotatable bonds is 5. The van der Waals surface area contributed by atoms with Gasteiger partial charge in [0.2, 0.25) is 5.16 Å². The number of H-pyrrole nitrogens is 1. The standard InChI is InChI=1S/C14H9BrFN3OS2/c15-12-6-5-11(22-12)10(20)7-21-14-17-13(18-19-14)8-3-1-2-4-9(8)16/h1-6H,7H2,(H,17,18,19). The molecule has 0 spiro atoms. The number of thiophene rings is 1. The topological polar surface area (TPSA) is 58.6 Å². The second-order valence-electron chi connectivity index (χ2n) is 4.26. The van der Waals surface area contributed by atoms with Crippen molar-refractivity contribution in [1.82, 2.24) is 15.2 Å². The molecule has 1 aromatic carbocycles. The Morgan fingerprint density at radius 2 is 2.14 bits per heavy atom. The number of hydrogen-bond donors (Lipinski definition) is 1. The summed E-state index contributed by atoms with van der Waals surface area (Å²) in [7, 11) is 0. The van der Waals surface area contributed by atoms with Gasteiger partial charge in [0, 0.05) is 0 Å². The maximum Gasteiger partial charge on any atom is 0.209 e. The number of ketones is 1. The maximum absolute atomic E-state index is 13.7. The molecule has 0 aliphatic heterocycles. The van der Waals surface area contributed by atoms with Crippen molar-refractivity contribution in [2.24, 2.45) is 0 Å². The molecule has 4 nitrogen and oxygen atoms in total. The number of aromatic nitrogens is 3. The minimum Gasteiger partial charge on any atom is -0.292 e. The Labute approximate surface area is 142 Å². The van der Waals surface area contributed by atoms with E-state index in [0.29, 0.717) is 21.4 Å². The number of aromatic amines is 1. The number of carbonyl (C=O) groups excluding carboxylic acids is 1. The van der Waals surface area contributed by atoms with E-state index in [4.69, 9.17) is 0 Å². The number of Topliss-reactive ketones (excluding diaryl/α,β-unsaturated/α-hetero) is 1. The van der Waals surface area contributed by atoms with Crippen LogP contribution in [-0.4, -0.2) is 26.7 Å². The smallest absolute Gasteiger partial charge is 0.209 e. The van der Waals surface area contributed by atoms with Gasteiger partial charge in [-0.2, -0.15) is 0 Å². The first-order valence-corrected chi connectivity index (χ1v) is 8.81. The van der Waals surface area contributed by atoms with Crippen LogP contribution < -0.4 is 0 Å². The summed E-state index contributed by atoms with van der Waals surface area (Å²) in [5.41, 5.74) is 0.357. The third kappa shape index (κ3) is 3.45. The molecule has 0 aliphatic carbocycles. The predicted molar refractivity (Wildman–Crippen MR) is 88.9 cm³/mol. The molecule has 0 amide bonds. The van der Waals surface area contributed by atoms with E-state index >= 15 is 0 Å². The molecule has 0 bridgehead atoms. The van der Waals surface area contributed by atoms with E-state index in [1.165, 1.54) is 29.2 Å². The highest BCUT2D eigenvalue weighted by Gasteiger charge is 2.13. The summed E-state index contributed by atoms with van der Waals surface area (Å²) in [5.74, 6) is 0.237. The summed E-state index contributed by atoms with van der Waals surface area (Å²) in [6, 6.07) is 9.95. The lowest BCUT2D eigenvalue weighted by molar-refractivity contribution is 0.102. The van der Waals surface area contributed by atoms with Crippen molar-refractivity contribution >= 4 is 44.8 Å². The molecule has 0 aliphatic rings. The van der Waals surface area contributed by atoms with Crippen LogP contribution in [0.3, 0.4) is 0 Å². The van der Waals surface area contributed by atoms with E-state index in [-0.39, 0.29) is 17.4 Å². The number of benzene rings is 1. The number of nitrogens with zero attached hydrogens (tertiary/aromatic N) is 2. The van der Waals surface area contributed by atoms with Gasteiger partial charge >= 0.3 is 0 Å². The van der Waals surface area contributed by atoms with E-state index in [1.807, 2.05) is 6.07 Å². The van der Waals surface area contributed by atoms with Gasteiger partial charge in [-0.3, -0.25) is 9.89 Å². The predicted octanol–water partition coefficient (Wildman–Crippen LogP) is 4.41.